The maximum absolute atomic E-state index is 10.9. The number of rotatable bonds is 2. The van der Waals surface area contributed by atoms with Gasteiger partial charge in [-0.1, -0.05) is 33.8 Å². The molecule has 2 nitrogen and oxygen atoms in total. The van der Waals surface area contributed by atoms with Crippen LogP contribution in [0.3, 0.4) is 0 Å². The van der Waals surface area contributed by atoms with E-state index in [2.05, 4.69) is 32.4 Å². The van der Waals surface area contributed by atoms with Gasteiger partial charge in [0.15, 0.2) is 0 Å². The standard InChI is InChI=1S/C11H18O2/c1-8-10(2,3)11(8,4)7-6-9(12)13-5/h6-8H,1-5H3/b7-6+. The molecule has 74 valence electrons. The van der Waals surface area contributed by atoms with Crippen molar-refractivity contribution in [1.29, 1.82) is 0 Å². The van der Waals surface area contributed by atoms with Crippen molar-refractivity contribution in [2.45, 2.75) is 27.7 Å². The summed E-state index contributed by atoms with van der Waals surface area (Å²) in [5, 5.41) is 0. The van der Waals surface area contributed by atoms with Crippen molar-refractivity contribution >= 4 is 5.97 Å². The lowest BCUT2D eigenvalue weighted by Gasteiger charge is -2.07. The van der Waals surface area contributed by atoms with Crippen LogP contribution in [0, 0.1) is 16.7 Å². The topological polar surface area (TPSA) is 26.3 Å². The van der Waals surface area contributed by atoms with E-state index in [9.17, 15) is 4.79 Å². The summed E-state index contributed by atoms with van der Waals surface area (Å²) >= 11 is 0. The maximum Gasteiger partial charge on any atom is 0.330 e. The third-order valence-corrected chi connectivity index (χ3v) is 4.05. The van der Waals surface area contributed by atoms with Gasteiger partial charge in [0.05, 0.1) is 7.11 Å². The normalized spacial score (nSPS) is 36.2. The second kappa shape index (κ2) is 2.86. The smallest absolute Gasteiger partial charge is 0.330 e. The van der Waals surface area contributed by atoms with E-state index in [1.807, 2.05) is 6.08 Å². The van der Waals surface area contributed by atoms with E-state index in [0.29, 0.717) is 11.3 Å². The van der Waals surface area contributed by atoms with E-state index in [1.54, 1.807) is 0 Å². The molecule has 0 aliphatic heterocycles. The largest absolute Gasteiger partial charge is 0.466 e. The summed E-state index contributed by atoms with van der Waals surface area (Å²) in [5.74, 6) is 0.358. The molecule has 1 aliphatic rings. The molecule has 0 bridgehead atoms. The Labute approximate surface area is 80.0 Å². The van der Waals surface area contributed by atoms with Gasteiger partial charge in [-0.15, -0.1) is 0 Å². The average Bonchev–Trinajstić information content (AvgIpc) is 2.47. The first-order valence-corrected chi connectivity index (χ1v) is 4.63. The molecule has 0 aromatic carbocycles. The van der Waals surface area contributed by atoms with Gasteiger partial charge in [0, 0.05) is 6.08 Å². The van der Waals surface area contributed by atoms with Crippen LogP contribution < -0.4 is 0 Å². The van der Waals surface area contributed by atoms with E-state index in [1.165, 1.54) is 13.2 Å². The van der Waals surface area contributed by atoms with Gasteiger partial charge in [0.25, 0.3) is 0 Å². The summed E-state index contributed by atoms with van der Waals surface area (Å²) in [6.45, 7) is 8.83. The van der Waals surface area contributed by atoms with Crippen LogP contribution in [0.1, 0.15) is 27.7 Å². The fraction of sp³-hybridized carbons (Fsp3) is 0.727. The lowest BCUT2D eigenvalue weighted by molar-refractivity contribution is -0.134. The average molecular weight is 182 g/mol. The summed E-state index contributed by atoms with van der Waals surface area (Å²) < 4.78 is 4.55. The van der Waals surface area contributed by atoms with Gasteiger partial charge in [0.2, 0.25) is 0 Å². The van der Waals surface area contributed by atoms with Gasteiger partial charge in [0.1, 0.15) is 0 Å². The van der Waals surface area contributed by atoms with Crippen LogP contribution in [-0.2, 0) is 9.53 Å². The molecule has 0 N–H and O–H groups in total. The zero-order valence-corrected chi connectivity index (χ0v) is 9.05. The fourth-order valence-electron chi connectivity index (χ4n) is 1.98. The molecule has 0 spiro atoms. The molecule has 0 saturated heterocycles. The molecule has 0 radical (unpaired) electrons. The molecule has 0 aromatic rings. The van der Waals surface area contributed by atoms with Crippen LogP contribution >= 0.6 is 0 Å². The van der Waals surface area contributed by atoms with Gasteiger partial charge >= 0.3 is 5.97 Å². The Morgan fingerprint density at radius 3 is 2.15 bits per heavy atom. The van der Waals surface area contributed by atoms with Crippen LogP contribution in [0.2, 0.25) is 0 Å². The van der Waals surface area contributed by atoms with Crippen LogP contribution in [-0.4, -0.2) is 13.1 Å². The van der Waals surface area contributed by atoms with Gasteiger partial charge in [-0.25, -0.2) is 4.79 Å². The number of carbonyl (C=O) groups is 1. The second-order valence-electron chi connectivity index (χ2n) is 4.58. The zero-order chi connectivity index (χ0) is 10.3. The minimum atomic E-state index is -0.267. The fourth-order valence-corrected chi connectivity index (χ4v) is 1.98. The van der Waals surface area contributed by atoms with Gasteiger partial charge in [-0.05, 0) is 16.7 Å². The third-order valence-electron chi connectivity index (χ3n) is 4.05. The predicted molar refractivity (Wildman–Crippen MR) is 52.2 cm³/mol. The summed E-state index contributed by atoms with van der Waals surface area (Å²) in [5.41, 5.74) is 0.457. The molecule has 13 heavy (non-hydrogen) atoms. The first kappa shape index (κ1) is 10.3. The minimum Gasteiger partial charge on any atom is -0.466 e. The number of methoxy groups -OCH3 is 1. The highest BCUT2D eigenvalue weighted by molar-refractivity contribution is 5.82. The van der Waals surface area contributed by atoms with Gasteiger partial charge in [-0.2, -0.15) is 0 Å². The number of esters is 1. The molecule has 1 saturated carbocycles. The van der Waals surface area contributed by atoms with E-state index in [-0.39, 0.29) is 11.4 Å². The molecular weight excluding hydrogens is 164 g/mol. The highest BCUT2D eigenvalue weighted by atomic mass is 16.5. The Hall–Kier alpha value is -0.790. The van der Waals surface area contributed by atoms with Crippen molar-refractivity contribution < 1.29 is 9.53 Å². The van der Waals surface area contributed by atoms with Gasteiger partial charge in [-0.3, -0.25) is 0 Å². The summed E-state index contributed by atoms with van der Waals surface area (Å²) in [6.07, 6.45) is 3.51. The Bertz CT molecular complexity index is 253. The molecule has 2 unspecified atom stereocenters. The van der Waals surface area contributed by atoms with Gasteiger partial charge < -0.3 is 4.74 Å². The summed E-state index contributed by atoms with van der Waals surface area (Å²) in [7, 11) is 1.40. The van der Waals surface area contributed by atoms with Crippen molar-refractivity contribution in [2.75, 3.05) is 7.11 Å². The van der Waals surface area contributed by atoms with Crippen molar-refractivity contribution in [3.8, 4) is 0 Å². The second-order valence-corrected chi connectivity index (χ2v) is 4.58. The van der Waals surface area contributed by atoms with Crippen molar-refractivity contribution in [3.63, 3.8) is 0 Å². The lowest BCUT2D eigenvalue weighted by Crippen LogP contribution is -2.02. The van der Waals surface area contributed by atoms with Crippen molar-refractivity contribution in [1.82, 2.24) is 0 Å². The first-order chi connectivity index (χ1) is 5.86. The Balaban J connectivity index is 2.67. The van der Waals surface area contributed by atoms with E-state index < -0.39 is 0 Å². The number of allylic oxidation sites excluding steroid dienone is 1. The molecule has 1 aliphatic carbocycles. The maximum atomic E-state index is 10.9. The zero-order valence-electron chi connectivity index (χ0n) is 9.05. The van der Waals surface area contributed by atoms with E-state index in [0.717, 1.165) is 0 Å². The highest BCUT2D eigenvalue weighted by Crippen LogP contribution is 2.69. The summed E-state index contributed by atoms with van der Waals surface area (Å²) in [6, 6.07) is 0. The number of hydrogen-bond acceptors (Lipinski definition) is 2. The Kier molecular flexibility index (Phi) is 2.27. The number of hydrogen-bond donors (Lipinski definition) is 0. The van der Waals surface area contributed by atoms with Crippen LogP contribution in [0.5, 0.6) is 0 Å². The highest BCUT2D eigenvalue weighted by Gasteiger charge is 2.63. The summed E-state index contributed by atoms with van der Waals surface area (Å²) in [4.78, 5) is 10.9. The predicted octanol–water partition coefficient (Wildman–Crippen LogP) is 2.40. The lowest BCUT2D eigenvalue weighted by atomic mass is 9.98. The third kappa shape index (κ3) is 1.38. The SMILES string of the molecule is COC(=O)/C=C/C1(C)C(C)C1(C)C. The van der Waals surface area contributed by atoms with Crippen LogP contribution in [0.25, 0.3) is 0 Å². The number of carbonyl (C=O) groups excluding carboxylic acids is 1. The van der Waals surface area contributed by atoms with E-state index in [4.69, 9.17) is 0 Å². The molecule has 0 heterocycles. The first-order valence-electron chi connectivity index (χ1n) is 4.63. The van der Waals surface area contributed by atoms with Crippen molar-refractivity contribution in [2.24, 2.45) is 16.7 Å². The monoisotopic (exact) mass is 182 g/mol. The quantitative estimate of drug-likeness (QED) is 0.484. The van der Waals surface area contributed by atoms with Crippen LogP contribution in [0.4, 0.5) is 0 Å². The van der Waals surface area contributed by atoms with Crippen molar-refractivity contribution in [3.05, 3.63) is 12.2 Å². The minimum absolute atomic E-state index is 0.154. The molecule has 0 amide bonds. The molecule has 1 rings (SSSR count). The van der Waals surface area contributed by atoms with E-state index >= 15 is 0 Å². The molecule has 2 heteroatoms. The van der Waals surface area contributed by atoms with Crippen LogP contribution in [0.15, 0.2) is 12.2 Å². The Morgan fingerprint density at radius 2 is 1.85 bits per heavy atom. The molecule has 0 aromatic heterocycles. The molecule has 2 atom stereocenters. The Morgan fingerprint density at radius 1 is 1.38 bits per heavy atom. The number of ether oxygens (including phenoxy) is 1. The molecule has 1 fully saturated rings. The molecular formula is C11H18O2.